The van der Waals surface area contributed by atoms with Gasteiger partial charge in [0.25, 0.3) is 0 Å². The maximum absolute atomic E-state index is 12.5. The predicted molar refractivity (Wildman–Crippen MR) is 72.8 cm³/mol. The van der Waals surface area contributed by atoms with Crippen molar-refractivity contribution in [3.05, 3.63) is 24.3 Å². The van der Waals surface area contributed by atoms with Crippen LogP contribution in [0.2, 0.25) is 0 Å². The van der Waals surface area contributed by atoms with Gasteiger partial charge in [-0.05, 0) is 24.3 Å². The molecule has 116 valence electrons. The second-order valence-corrected chi connectivity index (χ2v) is 6.53. The van der Waals surface area contributed by atoms with Gasteiger partial charge in [0.1, 0.15) is 6.04 Å². The Labute approximate surface area is 120 Å². The number of carbonyl (C=O) groups is 1. The Bertz CT molecular complexity index is 619. The number of rotatable bonds is 4. The van der Waals surface area contributed by atoms with Gasteiger partial charge in [0.2, 0.25) is 15.7 Å². The van der Waals surface area contributed by atoms with E-state index in [1.807, 2.05) is 0 Å². The minimum atomic E-state index is -4.61. The number of primary amides is 1. The number of halogens is 2. The van der Waals surface area contributed by atoms with Gasteiger partial charge in [-0.3, -0.25) is 4.79 Å². The summed E-state index contributed by atoms with van der Waals surface area (Å²) in [4.78, 5) is 12.7. The molecule has 3 N–H and O–H groups in total. The Morgan fingerprint density at radius 1 is 1.33 bits per heavy atom. The molecule has 9 heteroatoms. The summed E-state index contributed by atoms with van der Waals surface area (Å²) in [6.45, 7) is 1.53. The largest absolute Gasteiger partial charge is 0.368 e. The number of alkyl halides is 2. The summed E-state index contributed by atoms with van der Waals surface area (Å²) < 4.78 is 47.6. The van der Waals surface area contributed by atoms with E-state index in [2.05, 4.69) is 5.32 Å². The van der Waals surface area contributed by atoms with E-state index in [1.54, 1.807) is 4.90 Å². The molecule has 0 saturated carbocycles. The molecule has 2 rings (SSSR count). The molecule has 1 fully saturated rings. The molecule has 1 aromatic carbocycles. The molecule has 0 bridgehead atoms. The highest BCUT2D eigenvalue weighted by Crippen LogP contribution is 2.23. The lowest BCUT2D eigenvalue weighted by Gasteiger charge is -2.36. The summed E-state index contributed by atoms with van der Waals surface area (Å²) in [5.41, 5.74) is 5.88. The fraction of sp³-hybridized carbons (Fsp3) is 0.417. The maximum Gasteiger partial charge on any atom is 0.341 e. The molecule has 1 aliphatic heterocycles. The lowest BCUT2D eigenvalue weighted by molar-refractivity contribution is -0.119. The number of piperazine rings is 1. The number of nitrogens with zero attached hydrogens (tertiary/aromatic N) is 1. The summed E-state index contributed by atoms with van der Waals surface area (Å²) in [7, 11) is -4.61. The van der Waals surface area contributed by atoms with Crippen molar-refractivity contribution in [3.63, 3.8) is 0 Å². The molecule has 0 aliphatic carbocycles. The van der Waals surface area contributed by atoms with Crippen molar-refractivity contribution in [2.24, 2.45) is 5.73 Å². The van der Waals surface area contributed by atoms with E-state index in [-0.39, 0.29) is 0 Å². The topological polar surface area (TPSA) is 92.5 Å². The number of amides is 1. The molecule has 1 aromatic rings. The van der Waals surface area contributed by atoms with Crippen LogP contribution in [0.25, 0.3) is 0 Å². The number of nitrogens with two attached hydrogens (primary N) is 1. The molecule has 0 radical (unpaired) electrons. The van der Waals surface area contributed by atoms with E-state index in [9.17, 15) is 22.0 Å². The van der Waals surface area contributed by atoms with Crippen LogP contribution < -0.4 is 16.0 Å². The summed E-state index contributed by atoms with van der Waals surface area (Å²) in [6.07, 6.45) is 0. The average Bonchev–Trinajstić information content (AvgIpc) is 2.47. The van der Waals surface area contributed by atoms with Crippen LogP contribution in [0.4, 0.5) is 14.5 Å². The number of hydrogen-bond donors (Lipinski definition) is 2. The fourth-order valence-electron chi connectivity index (χ4n) is 2.20. The minimum absolute atomic E-state index is 0.381. The Balaban J connectivity index is 2.28. The SMILES string of the molecule is NC(=O)C1CNCCN1c1ccc(S(=O)(=O)C(F)F)cc1. The molecule has 1 saturated heterocycles. The van der Waals surface area contributed by atoms with Gasteiger partial charge in [-0.1, -0.05) is 0 Å². The quantitative estimate of drug-likeness (QED) is 0.811. The number of benzene rings is 1. The molecule has 0 aromatic heterocycles. The third kappa shape index (κ3) is 3.13. The van der Waals surface area contributed by atoms with Gasteiger partial charge in [-0.2, -0.15) is 8.78 Å². The van der Waals surface area contributed by atoms with E-state index in [0.29, 0.717) is 25.3 Å². The van der Waals surface area contributed by atoms with Crippen molar-refractivity contribution in [3.8, 4) is 0 Å². The zero-order valence-corrected chi connectivity index (χ0v) is 11.8. The average molecular weight is 319 g/mol. The Morgan fingerprint density at radius 3 is 2.48 bits per heavy atom. The molecule has 1 atom stereocenters. The van der Waals surface area contributed by atoms with Crippen molar-refractivity contribution < 1.29 is 22.0 Å². The Kier molecular flexibility index (Phi) is 4.43. The zero-order chi connectivity index (χ0) is 15.6. The van der Waals surface area contributed by atoms with Gasteiger partial charge < -0.3 is 16.0 Å². The van der Waals surface area contributed by atoms with Crippen molar-refractivity contribution in [1.29, 1.82) is 0 Å². The first kappa shape index (κ1) is 15.6. The van der Waals surface area contributed by atoms with Crippen LogP contribution >= 0.6 is 0 Å². The van der Waals surface area contributed by atoms with Gasteiger partial charge in [0.05, 0.1) is 4.90 Å². The van der Waals surface area contributed by atoms with E-state index < -0.39 is 32.4 Å². The molecule has 1 amide bonds. The first-order valence-corrected chi connectivity index (χ1v) is 7.77. The molecule has 6 nitrogen and oxygen atoms in total. The number of nitrogens with one attached hydrogen (secondary N) is 1. The highest BCUT2D eigenvalue weighted by molar-refractivity contribution is 7.91. The molecular formula is C12H15F2N3O3S. The lowest BCUT2D eigenvalue weighted by Crippen LogP contribution is -2.57. The Morgan fingerprint density at radius 2 is 1.95 bits per heavy atom. The van der Waals surface area contributed by atoms with Crippen molar-refractivity contribution in [2.45, 2.75) is 16.7 Å². The number of hydrogen-bond acceptors (Lipinski definition) is 5. The molecule has 1 aliphatic rings. The second-order valence-electron chi connectivity index (χ2n) is 4.62. The van der Waals surface area contributed by atoms with Gasteiger partial charge in [0, 0.05) is 25.3 Å². The third-order valence-corrected chi connectivity index (χ3v) is 4.70. The van der Waals surface area contributed by atoms with Crippen LogP contribution in [0, 0.1) is 0 Å². The molecule has 0 spiro atoms. The van der Waals surface area contributed by atoms with E-state index >= 15 is 0 Å². The summed E-state index contributed by atoms with van der Waals surface area (Å²) in [6, 6.07) is 4.46. The van der Waals surface area contributed by atoms with Crippen molar-refractivity contribution in [2.75, 3.05) is 24.5 Å². The van der Waals surface area contributed by atoms with Gasteiger partial charge in [-0.15, -0.1) is 0 Å². The molecule has 1 unspecified atom stereocenters. The highest BCUT2D eigenvalue weighted by atomic mass is 32.2. The lowest BCUT2D eigenvalue weighted by atomic mass is 10.1. The van der Waals surface area contributed by atoms with Crippen LogP contribution in [0.5, 0.6) is 0 Å². The highest BCUT2D eigenvalue weighted by Gasteiger charge is 2.29. The summed E-state index contributed by atoms with van der Waals surface area (Å²) >= 11 is 0. The second kappa shape index (κ2) is 5.94. The first-order chi connectivity index (χ1) is 9.84. The van der Waals surface area contributed by atoms with E-state index in [1.165, 1.54) is 12.1 Å². The minimum Gasteiger partial charge on any atom is -0.368 e. The molecule has 1 heterocycles. The number of carbonyl (C=O) groups excluding carboxylic acids is 1. The van der Waals surface area contributed by atoms with Gasteiger partial charge >= 0.3 is 5.76 Å². The van der Waals surface area contributed by atoms with Gasteiger partial charge in [0.15, 0.2) is 0 Å². The monoisotopic (exact) mass is 319 g/mol. The predicted octanol–water partition coefficient (Wildman–Crippen LogP) is -0.0536. The smallest absolute Gasteiger partial charge is 0.341 e. The molecule has 21 heavy (non-hydrogen) atoms. The Hall–Kier alpha value is -1.74. The summed E-state index contributed by atoms with van der Waals surface area (Å²) in [5, 5.41) is 3.03. The van der Waals surface area contributed by atoms with Crippen LogP contribution in [0.15, 0.2) is 29.2 Å². The first-order valence-electron chi connectivity index (χ1n) is 6.23. The maximum atomic E-state index is 12.5. The van der Waals surface area contributed by atoms with Gasteiger partial charge in [-0.25, -0.2) is 8.42 Å². The fourth-order valence-corrected chi connectivity index (χ4v) is 2.92. The number of sulfone groups is 1. The van der Waals surface area contributed by atoms with Crippen LogP contribution in [-0.4, -0.2) is 45.8 Å². The normalized spacial score (nSPS) is 19.8. The molecular weight excluding hydrogens is 304 g/mol. The van der Waals surface area contributed by atoms with Crippen LogP contribution in [0.1, 0.15) is 0 Å². The van der Waals surface area contributed by atoms with E-state index in [0.717, 1.165) is 12.1 Å². The number of anilines is 1. The summed E-state index contributed by atoms with van der Waals surface area (Å²) in [5.74, 6) is -3.97. The standard InChI is InChI=1S/C12H15F2N3O3S/c13-12(14)21(19,20)9-3-1-8(2-4-9)17-6-5-16-7-10(17)11(15)18/h1-4,10,12,16H,5-7H2,(H2,15,18). The zero-order valence-electron chi connectivity index (χ0n) is 11.0. The van der Waals surface area contributed by atoms with Crippen molar-refractivity contribution in [1.82, 2.24) is 5.32 Å². The van der Waals surface area contributed by atoms with Crippen LogP contribution in [-0.2, 0) is 14.6 Å². The van der Waals surface area contributed by atoms with Crippen molar-refractivity contribution >= 4 is 21.4 Å². The van der Waals surface area contributed by atoms with E-state index in [4.69, 9.17) is 5.73 Å². The third-order valence-electron chi connectivity index (χ3n) is 3.30. The van der Waals surface area contributed by atoms with Crippen LogP contribution in [0.3, 0.4) is 0 Å².